The minimum atomic E-state index is -0.295. The first kappa shape index (κ1) is 19.3. The van der Waals surface area contributed by atoms with Gasteiger partial charge in [0.1, 0.15) is 5.82 Å². The van der Waals surface area contributed by atoms with Gasteiger partial charge in [-0.2, -0.15) is 5.10 Å². The van der Waals surface area contributed by atoms with E-state index in [0.717, 1.165) is 36.3 Å². The van der Waals surface area contributed by atoms with Gasteiger partial charge in [0.05, 0.1) is 17.8 Å². The van der Waals surface area contributed by atoms with Crippen LogP contribution in [0.25, 0.3) is 16.9 Å². The summed E-state index contributed by atoms with van der Waals surface area (Å²) >= 11 is 0. The second kappa shape index (κ2) is 9.01. The molecule has 1 unspecified atom stereocenters. The Balaban J connectivity index is 1.51. The summed E-state index contributed by atoms with van der Waals surface area (Å²) in [5.41, 5.74) is 3.22. The average molecular weight is 392 g/mol. The number of benzene rings is 2. The van der Waals surface area contributed by atoms with Gasteiger partial charge >= 0.3 is 0 Å². The second-order valence-corrected chi connectivity index (χ2v) is 7.46. The maximum atomic E-state index is 13.4. The number of nitrogens with one attached hydrogen (secondary N) is 2. The number of rotatable bonds is 7. The number of aromatic nitrogens is 2. The van der Waals surface area contributed by atoms with Crippen molar-refractivity contribution in [3.63, 3.8) is 0 Å². The molecule has 0 saturated carbocycles. The van der Waals surface area contributed by atoms with E-state index in [4.69, 9.17) is 0 Å². The number of amides is 1. The molecule has 0 radical (unpaired) electrons. The van der Waals surface area contributed by atoms with Gasteiger partial charge in [-0.3, -0.25) is 4.79 Å². The van der Waals surface area contributed by atoms with Crippen LogP contribution in [0.4, 0.5) is 4.39 Å². The summed E-state index contributed by atoms with van der Waals surface area (Å²) < 4.78 is 15.1. The maximum Gasteiger partial charge on any atom is 0.224 e. The third-order valence-electron chi connectivity index (χ3n) is 5.32. The van der Waals surface area contributed by atoms with Crippen molar-refractivity contribution in [3.05, 3.63) is 72.2 Å². The molecule has 0 bridgehead atoms. The number of nitrogens with zero attached hydrogens (tertiary/aromatic N) is 2. The van der Waals surface area contributed by atoms with Crippen LogP contribution in [0.3, 0.4) is 0 Å². The van der Waals surface area contributed by atoms with Crippen LogP contribution < -0.4 is 10.6 Å². The summed E-state index contributed by atoms with van der Waals surface area (Å²) in [6.07, 6.45) is 4.29. The van der Waals surface area contributed by atoms with Crippen molar-refractivity contribution in [2.75, 3.05) is 19.6 Å². The number of para-hydroxylation sites is 1. The van der Waals surface area contributed by atoms with Crippen LogP contribution in [0, 0.1) is 11.7 Å². The molecular formula is C23H25FN4O. The monoisotopic (exact) mass is 392 g/mol. The minimum absolute atomic E-state index is 0.0214. The fraction of sp³-hybridized carbons (Fsp3) is 0.304. The third kappa shape index (κ3) is 4.90. The van der Waals surface area contributed by atoms with Gasteiger partial charge < -0.3 is 10.6 Å². The zero-order valence-corrected chi connectivity index (χ0v) is 16.3. The summed E-state index contributed by atoms with van der Waals surface area (Å²) in [6.45, 7) is 2.79. The number of halogens is 1. The zero-order chi connectivity index (χ0) is 20.1. The fourth-order valence-corrected chi connectivity index (χ4v) is 3.71. The summed E-state index contributed by atoms with van der Waals surface area (Å²) in [6, 6.07) is 16.0. The van der Waals surface area contributed by atoms with Crippen molar-refractivity contribution in [3.8, 4) is 16.9 Å². The molecule has 2 N–H and O–H groups in total. The van der Waals surface area contributed by atoms with Crippen LogP contribution in [0.15, 0.2) is 60.8 Å². The molecule has 2 heterocycles. The van der Waals surface area contributed by atoms with E-state index in [9.17, 15) is 9.18 Å². The molecule has 1 atom stereocenters. The molecule has 150 valence electrons. The van der Waals surface area contributed by atoms with Gasteiger partial charge in [0.15, 0.2) is 0 Å². The first-order valence-corrected chi connectivity index (χ1v) is 10.1. The minimum Gasteiger partial charge on any atom is -0.356 e. The molecule has 1 amide bonds. The van der Waals surface area contributed by atoms with Gasteiger partial charge in [-0.15, -0.1) is 0 Å². The smallest absolute Gasteiger partial charge is 0.224 e. The molecule has 6 heteroatoms. The van der Waals surface area contributed by atoms with E-state index in [0.29, 0.717) is 18.2 Å². The summed E-state index contributed by atoms with van der Waals surface area (Å²) in [5, 5.41) is 11.1. The average Bonchev–Trinajstić information content (AvgIpc) is 3.40. The van der Waals surface area contributed by atoms with E-state index in [1.165, 1.54) is 18.6 Å². The lowest BCUT2D eigenvalue weighted by molar-refractivity contribution is -0.120. The topological polar surface area (TPSA) is 59.0 Å². The highest BCUT2D eigenvalue weighted by Crippen LogP contribution is 2.24. The predicted molar refractivity (Wildman–Crippen MR) is 111 cm³/mol. The van der Waals surface area contributed by atoms with Gasteiger partial charge in [0, 0.05) is 23.9 Å². The van der Waals surface area contributed by atoms with E-state index in [1.54, 1.807) is 16.8 Å². The Morgan fingerprint density at radius 1 is 1.17 bits per heavy atom. The van der Waals surface area contributed by atoms with Crippen molar-refractivity contribution in [1.82, 2.24) is 20.4 Å². The Labute approximate surface area is 169 Å². The molecular weight excluding hydrogens is 367 g/mol. The summed E-state index contributed by atoms with van der Waals surface area (Å²) in [4.78, 5) is 12.5. The van der Waals surface area contributed by atoms with Crippen LogP contribution in [-0.4, -0.2) is 35.3 Å². The molecule has 1 aliphatic heterocycles. The number of hydrogen-bond donors (Lipinski definition) is 2. The van der Waals surface area contributed by atoms with Crippen molar-refractivity contribution in [1.29, 1.82) is 0 Å². The Bertz CT molecular complexity index is 947. The summed E-state index contributed by atoms with van der Waals surface area (Å²) in [7, 11) is 0. The van der Waals surface area contributed by atoms with Crippen LogP contribution in [0.5, 0.6) is 0 Å². The fourth-order valence-electron chi connectivity index (χ4n) is 3.71. The zero-order valence-electron chi connectivity index (χ0n) is 16.3. The Morgan fingerprint density at radius 3 is 2.69 bits per heavy atom. The quantitative estimate of drug-likeness (QED) is 0.648. The van der Waals surface area contributed by atoms with Crippen molar-refractivity contribution >= 4 is 5.91 Å². The van der Waals surface area contributed by atoms with Crippen molar-refractivity contribution < 1.29 is 9.18 Å². The predicted octanol–water partition coefficient (Wildman–Crippen LogP) is 3.34. The molecule has 2 aromatic carbocycles. The number of carbonyl (C=O) groups excluding carboxylic acids is 1. The number of hydrogen-bond acceptors (Lipinski definition) is 3. The normalized spacial score (nSPS) is 16.1. The van der Waals surface area contributed by atoms with Crippen LogP contribution in [0.1, 0.15) is 18.4 Å². The standard InChI is InChI=1S/C23H25FN4O/c24-20-8-6-18(7-9-20)23-19(16-28(27-23)21-4-2-1-3-5-21)14-22(29)26-13-11-17-10-12-25-15-17/h1-9,16-17,25H,10-15H2,(H,26,29). The molecule has 0 spiro atoms. The van der Waals surface area contributed by atoms with Crippen molar-refractivity contribution in [2.24, 2.45) is 5.92 Å². The van der Waals surface area contributed by atoms with E-state index >= 15 is 0 Å². The van der Waals surface area contributed by atoms with Gasteiger partial charge in [0.2, 0.25) is 5.91 Å². The van der Waals surface area contributed by atoms with E-state index in [2.05, 4.69) is 15.7 Å². The highest BCUT2D eigenvalue weighted by molar-refractivity contribution is 5.81. The molecule has 4 rings (SSSR count). The molecule has 1 aromatic heterocycles. The number of carbonyl (C=O) groups is 1. The SMILES string of the molecule is O=C(Cc1cn(-c2ccccc2)nc1-c1ccc(F)cc1)NCCC1CCNC1. The molecule has 3 aromatic rings. The van der Waals surface area contributed by atoms with Crippen LogP contribution >= 0.6 is 0 Å². The Kier molecular flexibility index (Phi) is 6.00. The lowest BCUT2D eigenvalue weighted by atomic mass is 10.0. The molecule has 5 nitrogen and oxygen atoms in total. The lowest BCUT2D eigenvalue weighted by Gasteiger charge is -2.09. The second-order valence-electron chi connectivity index (χ2n) is 7.46. The molecule has 29 heavy (non-hydrogen) atoms. The van der Waals surface area contributed by atoms with Crippen LogP contribution in [0.2, 0.25) is 0 Å². The maximum absolute atomic E-state index is 13.4. The molecule has 1 fully saturated rings. The first-order valence-electron chi connectivity index (χ1n) is 10.1. The van der Waals surface area contributed by atoms with Gasteiger partial charge in [0.25, 0.3) is 0 Å². The largest absolute Gasteiger partial charge is 0.356 e. The van der Waals surface area contributed by atoms with Gasteiger partial charge in [-0.25, -0.2) is 9.07 Å². The molecule has 1 saturated heterocycles. The third-order valence-corrected chi connectivity index (χ3v) is 5.32. The van der Waals surface area contributed by atoms with Crippen LogP contribution in [-0.2, 0) is 11.2 Å². The lowest BCUT2D eigenvalue weighted by Crippen LogP contribution is -2.27. The first-order chi connectivity index (χ1) is 14.2. The van der Waals surface area contributed by atoms with E-state index < -0.39 is 0 Å². The summed E-state index contributed by atoms with van der Waals surface area (Å²) in [5.74, 6) is 0.328. The van der Waals surface area contributed by atoms with E-state index in [-0.39, 0.29) is 18.1 Å². The highest BCUT2D eigenvalue weighted by atomic mass is 19.1. The Morgan fingerprint density at radius 2 is 1.97 bits per heavy atom. The molecule has 0 aliphatic carbocycles. The van der Waals surface area contributed by atoms with Gasteiger partial charge in [-0.1, -0.05) is 18.2 Å². The van der Waals surface area contributed by atoms with E-state index in [1.807, 2.05) is 36.5 Å². The van der Waals surface area contributed by atoms with Gasteiger partial charge in [-0.05, 0) is 68.2 Å². The Hall–Kier alpha value is -2.99. The highest BCUT2D eigenvalue weighted by Gasteiger charge is 2.17. The molecule has 1 aliphatic rings. The van der Waals surface area contributed by atoms with Crippen molar-refractivity contribution in [2.45, 2.75) is 19.3 Å².